The van der Waals surface area contributed by atoms with E-state index < -0.39 is 22.8 Å². The van der Waals surface area contributed by atoms with Gasteiger partial charge in [-0.3, -0.25) is 4.98 Å². The Hall–Kier alpha value is -3.79. The van der Waals surface area contributed by atoms with Crippen LogP contribution < -0.4 is 15.4 Å². The van der Waals surface area contributed by atoms with E-state index in [0.29, 0.717) is 28.6 Å². The predicted molar refractivity (Wildman–Crippen MR) is 119 cm³/mol. The van der Waals surface area contributed by atoms with Gasteiger partial charge in [0.05, 0.1) is 16.3 Å². The lowest BCUT2D eigenvalue weighted by molar-refractivity contribution is -0.137. The molecular weight excluding hydrogens is 461 g/mol. The number of amides is 2. The van der Waals surface area contributed by atoms with Gasteiger partial charge in [-0.2, -0.15) is 13.2 Å². The first-order valence-electron chi connectivity index (χ1n) is 9.42. The Labute approximate surface area is 192 Å². The largest absolute Gasteiger partial charge is 0.457 e. The molecule has 1 heterocycles. The number of nitrogens with zero attached hydrogens (tertiary/aromatic N) is 2. The third-order valence-corrected chi connectivity index (χ3v) is 4.54. The summed E-state index contributed by atoms with van der Waals surface area (Å²) in [6, 6.07) is 12.2. The predicted octanol–water partition coefficient (Wildman–Crippen LogP) is 6.56. The second-order valence-electron chi connectivity index (χ2n) is 6.63. The number of hydrogen-bond donors (Lipinski definition) is 2. The van der Waals surface area contributed by atoms with E-state index in [2.05, 4.69) is 20.8 Å². The number of alkyl halides is 3. The highest BCUT2D eigenvalue weighted by Gasteiger charge is 2.33. The molecule has 2 amide bonds. The number of pyridine rings is 1. The average molecular weight is 479 g/mol. The molecule has 0 fully saturated rings. The zero-order valence-corrected chi connectivity index (χ0v) is 18.2. The Bertz CT molecular complexity index is 1170. The minimum atomic E-state index is -4.63. The number of aromatic nitrogens is 1. The van der Waals surface area contributed by atoms with Crippen LogP contribution in [0.3, 0.4) is 0 Å². The number of anilines is 2. The number of nitrogens with one attached hydrogen (secondary N) is 2. The molecular formula is C22H18ClF3N4O3. The van der Waals surface area contributed by atoms with Crippen molar-refractivity contribution in [2.24, 2.45) is 5.16 Å². The van der Waals surface area contributed by atoms with Gasteiger partial charge in [-0.05, 0) is 55.5 Å². The maximum absolute atomic E-state index is 13.0. The summed E-state index contributed by atoms with van der Waals surface area (Å²) in [4.78, 5) is 21.1. The minimum absolute atomic E-state index is 0.0509. The molecule has 7 nitrogen and oxygen atoms in total. The zero-order valence-electron chi connectivity index (χ0n) is 17.4. The molecule has 0 saturated heterocycles. The normalized spacial score (nSPS) is 11.6. The molecule has 0 radical (unpaired) electrons. The van der Waals surface area contributed by atoms with Crippen molar-refractivity contribution >= 4 is 34.7 Å². The third kappa shape index (κ3) is 6.59. The summed E-state index contributed by atoms with van der Waals surface area (Å²) in [5, 5.41) is 8.25. The molecule has 3 rings (SSSR count). The van der Waals surface area contributed by atoms with Crippen LogP contribution in [0.4, 0.5) is 29.3 Å². The van der Waals surface area contributed by atoms with E-state index in [0.717, 1.165) is 12.1 Å². The number of halogens is 4. The molecule has 2 N–H and O–H groups in total. The Morgan fingerprint density at radius 2 is 1.67 bits per heavy atom. The molecule has 2 aromatic carbocycles. The lowest BCUT2D eigenvalue weighted by Gasteiger charge is -2.12. The van der Waals surface area contributed by atoms with E-state index >= 15 is 0 Å². The zero-order chi connectivity index (χ0) is 24.0. The summed E-state index contributed by atoms with van der Waals surface area (Å²) < 4.78 is 44.7. The molecule has 0 aliphatic carbocycles. The second-order valence-corrected chi connectivity index (χ2v) is 7.04. The number of ether oxygens (including phenoxy) is 1. The summed E-state index contributed by atoms with van der Waals surface area (Å²) in [6.45, 7) is 1.75. The van der Waals surface area contributed by atoms with Crippen molar-refractivity contribution in [3.05, 3.63) is 77.1 Å². The van der Waals surface area contributed by atoms with Crippen LogP contribution in [0.25, 0.3) is 0 Å². The first kappa shape index (κ1) is 23.9. The van der Waals surface area contributed by atoms with E-state index in [-0.39, 0.29) is 5.69 Å². The van der Waals surface area contributed by atoms with Crippen LogP contribution in [0, 0.1) is 0 Å². The van der Waals surface area contributed by atoms with Gasteiger partial charge in [-0.1, -0.05) is 16.8 Å². The first-order chi connectivity index (χ1) is 15.7. The van der Waals surface area contributed by atoms with E-state index in [9.17, 15) is 18.0 Å². The molecule has 0 saturated carbocycles. The maximum Gasteiger partial charge on any atom is 0.417 e. The fourth-order valence-electron chi connectivity index (χ4n) is 2.71. The summed E-state index contributed by atoms with van der Waals surface area (Å²) >= 11 is 5.58. The van der Waals surface area contributed by atoms with Crippen LogP contribution >= 0.6 is 11.6 Å². The van der Waals surface area contributed by atoms with Gasteiger partial charge in [0.15, 0.2) is 0 Å². The molecule has 1 aromatic heterocycles. The Balaban J connectivity index is 1.63. The molecule has 0 aliphatic heterocycles. The highest BCUT2D eigenvalue weighted by molar-refractivity contribution is 6.31. The first-order valence-corrected chi connectivity index (χ1v) is 9.80. The molecule has 33 heavy (non-hydrogen) atoms. The lowest BCUT2D eigenvalue weighted by atomic mass is 10.2. The topological polar surface area (TPSA) is 84.8 Å². The van der Waals surface area contributed by atoms with E-state index in [1.807, 2.05) is 0 Å². The van der Waals surface area contributed by atoms with Gasteiger partial charge in [0.1, 0.15) is 24.3 Å². The van der Waals surface area contributed by atoms with Gasteiger partial charge in [0.2, 0.25) is 0 Å². The Kier molecular flexibility index (Phi) is 7.39. The van der Waals surface area contributed by atoms with Gasteiger partial charge in [0.25, 0.3) is 0 Å². The van der Waals surface area contributed by atoms with E-state index in [4.69, 9.17) is 21.2 Å². The molecule has 0 atom stereocenters. The van der Waals surface area contributed by atoms with Crippen molar-refractivity contribution in [1.82, 2.24) is 4.98 Å². The molecule has 172 valence electrons. The van der Waals surface area contributed by atoms with Crippen LogP contribution in [0.2, 0.25) is 5.02 Å². The third-order valence-electron chi connectivity index (χ3n) is 4.21. The number of urea groups is 1. The van der Waals surface area contributed by atoms with Crippen LogP contribution in [0.1, 0.15) is 18.2 Å². The Morgan fingerprint density at radius 1 is 1.00 bits per heavy atom. The summed E-state index contributed by atoms with van der Waals surface area (Å²) in [5.74, 6) is 1.01. The van der Waals surface area contributed by atoms with E-state index in [1.165, 1.54) is 13.2 Å². The fraction of sp³-hybridized carbons (Fsp3) is 0.136. The monoisotopic (exact) mass is 478 g/mol. The molecule has 11 heteroatoms. The number of carbonyl (C=O) groups excluding carboxylic acids is 1. The summed E-state index contributed by atoms with van der Waals surface area (Å²) in [6.07, 6.45) is -3.06. The lowest BCUT2D eigenvalue weighted by Crippen LogP contribution is -2.19. The highest BCUT2D eigenvalue weighted by Crippen LogP contribution is 2.36. The average Bonchev–Trinajstić information content (AvgIpc) is 2.76. The van der Waals surface area contributed by atoms with Crippen LogP contribution in [-0.2, 0) is 11.0 Å². The molecule has 0 spiro atoms. The van der Waals surface area contributed by atoms with Crippen molar-refractivity contribution in [3.63, 3.8) is 0 Å². The van der Waals surface area contributed by atoms with Crippen LogP contribution in [-0.4, -0.2) is 23.8 Å². The maximum atomic E-state index is 13.0. The standard InChI is InChI=1S/C22H18ClF3N4O3/c1-13(30-32-2)20-12-17(9-10-27-20)33-16-6-3-14(4-7-16)28-21(31)29-15-5-8-19(23)18(11-15)22(24,25)26/h3-12H,1-2H3,(H2,28,29,31)/b30-13+. The SMILES string of the molecule is CO/N=C(\C)c1cc(Oc2ccc(NC(=O)Nc3ccc(Cl)c(C(F)(F)F)c3)cc2)ccn1. The van der Waals surface area contributed by atoms with Crippen molar-refractivity contribution in [2.45, 2.75) is 13.1 Å². The van der Waals surface area contributed by atoms with Gasteiger partial charge < -0.3 is 20.2 Å². The molecule has 3 aromatic rings. The number of carbonyl (C=O) groups is 1. The van der Waals surface area contributed by atoms with Crippen molar-refractivity contribution in [3.8, 4) is 11.5 Å². The quantitative estimate of drug-likeness (QED) is 0.310. The van der Waals surface area contributed by atoms with Gasteiger partial charge in [0, 0.05) is 23.6 Å². The minimum Gasteiger partial charge on any atom is -0.457 e. The summed E-state index contributed by atoms with van der Waals surface area (Å²) in [5.41, 5.74) is 0.483. The number of rotatable bonds is 6. The smallest absolute Gasteiger partial charge is 0.417 e. The van der Waals surface area contributed by atoms with Crippen molar-refractivity contribution < 1.29 is 27.5 Å². The number of benzene rings is 2. The van der Waals surface area contributed by atoms with Gasteiger partial charge >= 0.3 is 12.2 Å². The van der Waals surface area contributed by atoms with Gasteiger partial charge in [-0.25, -0.2) is 4.79 Å². The van der Waals surface area contributed by atoms with Crippen molar-refractivity contribution in [2.75, 3.05) is 17.7 Å². The molecule has 0 unspecified atom stereocenters. The molecule has 0 aliphatic rings. The van der Waals surface area contributed by atoms with Crippen molar-refractivity contribution in [1.29, 1.82) is 0 Å². The number of oxime groups is 1. The van der Waals surface area contributed by atoms with Crippen LogP contribution in [0.5, 0.6) is 11.5 Å². The fourth-order valence-corrected chi connectivity index (χ4v) is 2.94. The Morgan fingerprint density at radius 3 is 2.33 bits per heavy atom. The number of hydrogen-bond acceptors (Lipinski definition) is 5. The van der Waals surface area contributed by atoms with Crippen LogP contribution in [0.15, 0.2) is 65.9 Å². The second kappa shape index (κ2) is 10.2. The summed E-state index contributed by atoms with van der Waals surface area (Å²) in [7, 11) is 1.44. The van der Waals surface area contributed by atoms with E-state index in [1.54, 1.807) is 49.5 Å². The highest BCUT2D eigenvalue weighted by atomic mass is 35.5. The van der Waals surface area contributed by atoms with Gasteiger partial charge in [-0.15, -0.1) is 0 Å². The molecule has 0 bridgehead atoms.